The molecule has 0 saturated carbocycles. The molecule has 7 nitrogen and oxygen atoms in total. The molecule has 0 aliphatic rings. The Morgan fingerprint density at radius 1 is 0.944 bits per heavy atom. The van der Waals surface area contributed by atoms with Gasteiger partial charge in [0.25, 0.3) is 0 Å². The maximum Gasteiger partial charge on any atom is 0.333 e. The molecule has 0 radical (unpaired) electrons. The quantitative estimate of drug-likeness (QED) is 0.561. The van der Waals surface area contributed by atoms with Gasteiger partial charge in [0, 0.05) is 6.92 Å². The molecule has 0 spiro atoms. The van der Waals surface area contributed by atoms with Crippen LogP contribution >= 0.6 is 0 Å². The third kappa shape index (κ3) is 11.5. The molecular formula is C11H15N3O4. The fraction of sp³-hybridized carbons (Fsp3) is 0.182. The summed E-state index contributed by atoms with van der Waals surface area (Å²) in [5.41, 5.74) is 3.90. The number of carbonyl (C=O) groups excluding carboxylic acids is 2. The van der Waals surface area contributed by atoms with Crippen molar-refractivity contribution < 1.29 is 19.5 Å². The SMILES string of the molecule is CC(=O)NNC(=O)NCC(=O)O.c1ccccc1. The number of hydrogen-bond acceptors (Lipinski definition) is 3. The second-order valence-corrected chi connectivity index (χ2v) is 3.04. The Labute approximate surface area is 104 Å². The van der Waals surface area contributed by atoms with E-state index in [1.165, 1.54) is 6.92 Å². The number of hydrogen-bond donors (Lipinski definition) is 4. The minimum absolute atomic E-state index is 0.444. The van der Waals surface area contributed by atoms with Crippen molar-refractivity contribution in [3.8, 4) is 0 Å². The summed E-state index contributed by atoms with van der Waals surface area (Å²) in [6.07, 6.45) is 0. The third-order valence-electron chi connectivity index (χ3n) is 1.42. The highest BCUT2D eigenvalue weighted by Crippen LogP contribution is 1.79. The number of hydrazine groups is 1. The fourth-order valence-corrected chi connectivity index (χ4v) is 0.730. The zero-order chi connectivity index (χ0) is 13.8. The fourth-order valence-electron chi connectivity index (χ4n) is 0.730. The minimum Gasteiger partial charge on any atom is -0.480 e. The summed E-state index contributed by atoms with van der Waals surface area (Å²) in [6, 6.07) is 11.2. The van der Waals surface area contributed by atoms with Crippen molar-refractivity contribution in [3.63, 3.8) is 0 Å². The standard InChI is InChI=1S/C6H6.C5H9N3O4/c1-2-4-6-5-3-1;1-3(9)7-8-5(12)6-2-4(10)11/h1-6H;2H2,1H3,(H,7,9)(H,10,11)(H2,6,8,12). The zero-order valence-electron chi connectivity index (χ0n) is 9.84. The first-order valence-corrected chi connectivity index (χ1v) is 5.04. The Balaban J connectivity index is 0.000000397. The van der Waals surface area contributed by atoms with Crippen LogP contribution in [-0.2, 0) is 9.59 Å². The molecule has 0 fully saturated rings. The number of carboxylic acid groups (broad SMARTS) is 1. The van der Waals surface area contributed by atoms with Gasteiger partial charge >= 0.3 is 12.0 Å². The van der Waals surface area contributed by atoms with Gasteiger partial charge in [0.2, 0.25) is 5.91 Å². The monoisotopic (exact) mass is 253 g/mol. The number of aliphatic carboxylic acids is 1. The molecule has 0 atom stereocenters. The molecule has 1 aromatic rings. The van der Waals surface area contributed by atoms with Crippen LogP contribution in [0.25, 0.3) is 0 Å². The Hall–Kier alpha value is -2.57. The highest BCUT2D eigenvalue weighted by molar-refractivity contribution is 5.82. The van der Waals surface area contributed by atoms with Gasteiger partial charge in [-0.25, -0.2) is 10.2 Å². The summed E-state index contributed by atoms with van der Waals surface area (Å²) < 4.78 is 0. The van der Waals surface area contributed by atoms with Gasteiger partial charge in [-0.3, -0.25) is 15.0 Å². The Bertz CT molecular complexity index is 334. The Morgan fingerprint density at radius 3 is 1.72 bits per heavy atom. The highest BCUT2D eigenvalue weighted by Gasteiger charge is 2.01. The topological polar surface area (TPSA) is 108 Å². The lowest BCUT2D eigenvalue weighted by Crippen LogP contribution is -2.47. The molecule has 18 heavy (non-hydrogen) atoms. The molecule has 4 N–H and O–H groups in total. The summed E-state index contributed by atoms with van der Waals surface area (Å²) in [5.74, 6) is -1.60. The van der Waals surface area contributed by atoms with Crippen LogP contribution in [0.4, 0.5) is 4.79 Å². The molecule has 3 amide bonds. The molecule has 7 heteroatoms. The van der Waals surface area contributed by atoms with Crippen LogP contribution in [-0.4, -0.2) is 29.6 Å². The summed E-state index contributed by atoms with van der Waals surface area (Å²) >= 11 is 0. The summed E-state index contributed by atoms with van der Waals surface area (Å²) in [6.45, 7) is 0.711. The molecule has 1 aromatic carbocycles. The number of nitrogens with one attached hydrogen (secondary N) is 3. The van der Waals surface area contributed by atoms with Crippen LogP contribution < -0.4 is 16.2 Å². The molecular weight excluding hydrogens is 238 g/mol. The molecule has 1 rings (SSSR count). The van der Waals surface area contributed by atoms with Crippen molar-refractivity contribution in [2.24, 2.45) is 0 Å². The third-order valence-corrected chi connectivity index (χ3v) is 1.42. The number of benzene rings is 1. The molecule has 0 heterocycles. The summed E-state index contributed by atoms with van der Waals surface area (Å²) in [7, 11) is 0. The van der Waals surface area contributed by atoms with Crippen molar-refractivity contribution in [2.75, 3.05) is 6.54 Å². The van der Waals surface area contributed by atoms with Crippen molar-refractivity contribution in [1.29, 1.82) is 0 Å². The van der Waals surface area contributed by atoms with Crippen molar-refractivity contribution >= 4 is 17.9 Å². The van der Waals surface area contributed by atoms with E-state index >= 15 is 0 Å². The molecule has 98 valence electrons. The van der Waals surface area contributed by atoms with Gasteiger partial charge in [-0.05, 0) is 0 Å². The van der Waals surface area contributed by atoms with Crippen LogP contribution in [0.1, 0.15) is 6.92 Å². The molecule has 0 saturated heterocycles. The van der Waals surface area contributed by atoms with Gasteiger partial charge in [-0.2, -0.15) is 0 Å². The first-order valence-electron chi connectivity index (χ1n) is 5.04. The second kappa shape index (κ2) is 9.64. The number of carboxylic acids is 1. The zero-order valence-corrected chi connectivity index (χ0v) is 9.84. The van der Waals surface area contributed by atoms with Gasteiger partial charge in [-0.15, -0.1) is 0 Å². The lowest BCUT2D eigenvalue weighted by molar-refractivity contribution is -0.135. The molecule has 0 unspecified atom stereocenters. The Morgan fingerprint density at radius 2 is 1.39 bits per heavy atom. The normalized spacial score (nSPS) is 8.28. The predicted octanol–water partition coefficient (Wildman–Crippen LogP) is 0.108. The number of rotatable bonds is 2. The molecule has 0 aliphatic carbocycles. The number of urea groups is 1. The lowest BCUT2D eigenvalue weighted by Gasteiger charge is -2.04. The van der Waals surface area contributed by atoms with E-state index in [9.17, 15) is 14.4 Å². The van der Waals surface area contributed by atoms with E-state index < -0.39 is 24.5 Å². The molecule has 0 aromatic heterocycles. The predicted molar refractivity (Wildman–Crippen MR) is 64.4 cm³/mol. The van der Waals surface area contributed by atoms with E-state index in [-0.39, 0.29) is 0 Å². The summed E-state index contributed by atoms with van der Waals surface area (Å²) in [5, 5.41) is 10.1. The van der Waals surface area contributed by atoms with Crippen LogP contribution in [0.5, 0.6) is 0 Å². The largest absolute Gasteiger partial charge is 0.480 e. The highest BCUT2D eigenvalue weighted by atomic mass is 16.4. The van der Waals surface area contributed by atoms with Gasteiger partial charge in [-0.1, -0.05) is 36.4 Å². The van der Waals surface area contributed by atoms with Gasteiger partial charge in [0.15, 0.2) is 0 Å². The van der Waals surface area contributed by atoms with E-state index in [1.54, 1.807) is 0 Å². The van der Waals surface area contributed by atoms with Crippen molar-refractivity contribution in [1.82, 2.24) is 16.2 Å². The van der Waals surface area contributed by atoms with E-state index in [1.807, 2.05) is 52.6 Å². The van der Waals surface area contributed by atoms with Crippen LogP contribution in [0.15, 0.2) is 36.4 Å². The molecule has 0 bridgehead atoms. The minimum atomic E-state index is -1.16. The Kier molecular flexibility index (Phi) is 8.26. The van der Waals surface area contributed by atoms with E-state index in [4.69, 9.17) is 5.11 Å². The van der Waals surface area contributed by atoms with Crippen LogP contribution in [0, 0.1) is 0 Å². The van der Waals surface area contributed by atoms with Crippen LogP contribution in [0.3, 0.4) is 0 Å². The maximum atomic E-state index is 10.6. The second-order valence-electron chi connectivity index (χ2n) is 3.04. The van der Waals surface area contributed by atoms with E-state index in [0.29, 0.717) is 0 Å². The van der Waals surface area contributed by atoms with Gasteiger partial charge in [0.1, 0.15) is 6.54 Å². The van der Waals surface area contributed by atoms with Crippen molar-refractivity contribution in [2.45, 2.75) is 6.92 Å². The number of amides is 3. The summed E-state index contributed by atoms with van der Waals surface area (Å²) in [4.78, 5) is 30.7. The lowest BCUT2D eigenvalue weighted by atomic mass is 10.4. The molecule has 0 aliphatic heterocycles. The first-order chi connectivity index (χ1) is 8.52. The smallest absolute Gasteiger partial charge is 0.333 e. The number of carbonyl (C=O) groups is 3. The van der Waals surface area contributed by atoms with Gasteiger partial charge < -0.3 is 10.4 Å². The van der Waals surface area contributed by atoms with Crippen LogP contribution in [0.2, 0.25) is 0 Å². The van der Waals surface area contributed by atoms with E-state index in [2.05, 4.69) is 0 Å². The maximum absolute atomic E-state index is 10.6. The average molecular weight is 253 g/mol. The average Bonchev–Trinajstić information content (AvgIpc) is 2.36. The van der Waals surface area contributed by atoms with Gasteiger partial charge in [0.05, 0.1) is 0 Å². The first kappa shape index (κ1) is 15.4. The van der Waals surface area contributed by atoms with Crippen molar-refractivity contribution in [3.05, 3.63) is 36.4 Å². The van der Waals surface area contributed by atoms with E-state index in [0.717, 1.165) is 0 Å².